The Balaban J connectivity index is 2.63. The molecule has 0 bridgehead atoms. The van der Waals surface area contributed by atoms with Crippen molar-refractivity contribution in [2.45, 2.75) is 40.5 Å². The van der Waals surface area contributed by atoms with Gasteiger partial charge in [-0.2, -0.15) is 5.10 Å². The van der Waals surface area contributed by atoms with Crippen molar-refractivity contribution in [1.29, 1.82) is 0 Å². The molecule has 4 heteroatoms. The average molecular weight is 286 g/mol. The number of benzene rings is 1. The van der Waals surface area contributed by atoms with Gasteiger partial charge in [-0.15, -0.1) is 0 Å². The Bertz CT molecular complexity index is 657. The van der Waals surface area contributed by atoms with Gasteiger partial charge in [-0.1, -0.05) is 32.9 Å². The van der Waals surface area contributed by atoms with Crippen LogP contribution in [-0.2, 0) is 12.8 Å². The molecule has 0 saturated carbocycles. The molecule has 0 unspecified atom stereocenters. The number of hydrogen-bond acceptors (Lipinski definition) is 2. The summed E-state index contributed by atoms with van der Waals surface area (Å²) in [5.74, 6) is -0.518. The first kappa shape index (κ1) is 15.3. The Morgan fingerprint density at radius 3 is 2.62 bits per heavy atom. The van der Waals surface area contributed by atoms with Gasteiger partial charge in [0.2, 0.25) is 0 Å². The summed E-state index contributed by atoms with van der Waals surface area (Å²) in [4.78, 5) is 11.6. The molecule has 0 saturated heterocycles. The Morgan fingerprint density at radius 1 is 1.38 bits per heavy atom. The molecule has 1 aromatic carbocycles. The van der Waals surface area contributed by atoms with Gasteiger partial charge in [0, 0.05) is 0 Å². The van der Waals surface area contributed by atoms with E-state index in [0.717, 1.165) is 16.9 Å². The fraction of sp³-hybridized carbons (Fsp3) is 0.412. The van der Waals surface area contributed by atoms with Crippen LogP contribution in [0.4, 0.5) is 0 Å². The number of aromatic carboxylic acids is 1. The first-order valence-corrected chi connectivity index (χ1v) is 7.35. The van der Waals surface area contributed by atoms with Gasteiger partial charge in [0.1, 0.15) is 5.56 Å². The molecule has 0 spiro atoms. The van der Waals surface area contributed by atoms with E-state index in [1.54, 1.807) is 4.68 Å². The summed E-state index contributed by atoms with van der Waals surface area (Å²) in [7, 11) is 0. The van der Waals surface area contributed by atoms with Gasteiger partial charge >= 0.3 is 5.97 Å². The van der Waals surface area contributed by atoms with Crippen LogP contribution in [-0.4, -0.2) is 20.9 Å². The van der Waals surface area contributed by atoms with E-state index in [1.807, 2.05) is 38.1 Å². The summed E-state index contributed by atoms with van der Waals surface area (Å²) < 4.78 is 1.79. The lowest BCUT2D eigenvalue weighted by molar-refractivity contribution is 0.0694. The standard InChI is InChI=1S/C17H22N2O2/c1-5-15-16(17(20)21)14(9-11(2)3)18-19(15)13-8-6-7-12(4)10-13/h6-8,10-11H,5,9H2,1-4H3,(H,20,21). The van der Waals surface area contributed by atoms with Crippen molar-refractivity contribution >= 4 is 5.97 Å². The van der Waals surface area contributed by atoms with Gasteiger partial charge in [-0.05, 0) is 43.4 Å². The fourth-order valence-electron chi connectivity index (χ4n) is 2.58. The zero-order valence-corrected chi connectivity index (χ0v) is 13.1. The number of nitrogens with zero attached hydrogens (tertiary/aromatic N) is 2. The van der Waals surface area contributed by atoms with Crippen molar-refractivity contribution < 1.29 is 9.90 Å². The van der Waals surface area contributed by atoms with Crippen LogP contribution < -0.4 is 0 Å². The molecule has 0 aliphatic rings. The molecule has 0 fully saturated rings. The van der Waals surface area contributed by atoms with Crippen molar-refractivity contribution in [2.75, 3.05) is 0 Å². The minimum atomic E-state index is -0.888. The van der Waals surface area contributed by atoms with E-state index >= 15 is 0 Å². The summed E-state index contributed by atoms with van der Waals surface area (Å²) in [5, 5.41) is 14.1. The number of aryl methyl sites for hydroxylation is 1. The predicted molar refractivity (Wildman–Crippen MR) is 83.2 cm³/mol. The predicted octanol–water partition coefficient (Wildman–Crippen LogP) is 3.64. The minimum absolute atomic E-state index is 0.368. The molecular formula is C17H22N2O2. The zero-order chi connectivity index (χ0) is 15.6. The molecular weight excluding hydrogens is 264 g/mol. The summed E-state index contributed by atoms with van der Waals surface area (Å²) in [6.07, 6.45) is 1.31. The molecule has 21 heavy (non-hydrogen) atoms. The largest absolute Gasteiger partial charge is 0.478 e. The van der Waals surface area contributed by atoms with Crippen molar-refractivity contribution in [3.8, 4) is 5.69 Å². The summed E-state index contributed by atoms with van der Waals surface area (Å²) in [6, 6.07) is 7.97. The zero-order valence-electron chi connectivity index (χ0n) is 13.1. The van der Waals surface area contributed by atoms with Crippen LogP contribution in [0.1, 0.15) is 48.1 Å². The lowest BCUT2D eigenvalue weighted by atomic mass is 10.0. The molecule has 0 atom stereocenters. The van der Waals surface area contributed by atoms with Crippen LogP contribution >= 0.6 is 0 Å². The minimum Gasteiger partial charge on any atom is -0.478 e. The van der Waals surface area contributed by atoms with Gasteiger partial charge in [-0.25, -0.2) is 9.48 Å². The molecule has 2 aromatic rings. The van der Waals surface area contributed by atoms with Crippen LogP contribution in [0.25, 0.3) is 5.69 Å². The highest BCUT2D eigenvalue weighted by molar-refractivity contribution is 5.90. The van der Waals surface area contributed by atoms with Crippen LogP contribution in [0.3, 0.4) is 0 Å². The Morgan fingerprint density at radius 2 is 2.10 bits per heavy atom. The third kappa shape index (κ3) is 3.15. The van der Waals surface area contributed by atoms with Crippen molar-refractivity contribution in [3.63, 3.8) is 0 Å². The van der Waals surface area contributed by atoms with Crippen LogP contribution in [0.15, 0.2) is 24.3 Å². The van der Waals surface area contributed by atoms with Crippen LogP contribution in [0.5, 0.6) is 0 Å². The highest BCUT2D eigenvalue weighted by atomic mass is 16.4. The van der Waals surface area contributed by atoms with E-state index in [9.17, 15) is 9.90 Å². The van der Waals surface area contributed by atoms with Crippen LogP contribution in [0.2, 0.25) is 0 Å². The van der Waals surface area contributed by atoms with Gasteiger partial charge in [0.05, 0.1) is 17.1 Å². The molecule has 0 amide bonds. The third-order valence-electron chi connectivity index (χ3n) is 3.45. The van der Waals surface area contributed by atoms with Gasteiger partial charge in [0.25, 0.3) is 0 Å². The fourth-order valence-corrected chi connectivity index (χ4v) is 2.58. The highest BCUT2D eigenvalue weighted by Crippen LogP contribution is 2.22. The molecule has 2 rings (SSSR count). The SMILES string of the molecule is CCc1c(C(=O)O)c(CC(C)C)nn1-c1cccc(C)c1. The van der Waals surface area contributed by atoms with E-state index in [-0.39, 0.29) is 0 Å². The molecule has 0 aliphatic carbocycles. The molecule has 4 nitrogen and oxygen atoms in total. The molecule has 1 heterocycles. The molecule has 112 valence electrons. The Kier molecular flexibility index (Phi) is 4.46. The number of rotatable bonds is 5. The van der Waals surface area contributed by atoms with E-state index in [4.69, 9.17) is 0 Å². The monoisotopic (exact) mass is 286 g/mol. The van der Waals surface area contributed by atoms with Crippen LogP contribution in [0, 0.1) is 12.8 Å². The van der Waals surface area contributed by atoms with E-state index in [0.29, 0.717) is 30.0 Å². The highest BCUT2D eigenvalue weighted by Gasteiger charge is 2.23. The second kappa shape index (κ2) is 6.12. The number of carboxylic acid groups (broad SMARTS) is 1. The Hall–Kier alpha value is -2.10. The average Bonchev–Trinajstić information content (AvgIpc) is 2.76. The maximum absolute atomic E-state index is 11.6. The Labute approximate surface area is 125 Å². The van der Waals surface area contributed by atoms with E-state index in [2.05, 4.69) is 18.9 Å². The topological polar surface area (TPSA) is 55.1 Å². The molecule has 1 N–H and O–H groups in total. The number of carboxylic acids is 1. The lowest BCUT2D eigenvalue weighted by Gasteiger charge is -2.07. The molecule has 0 aliphatic heterocycles. The van der Waals surface area contributed by atoms with Gasteiger partial charge in [0.15, 0.2) is 0 Å². The number of aromatic nitrogens is 2. The number of hydrogen-bond donors (Lipinski definition) is 1. The first-order valence-electron chi connectivity index (χ1n) is 7.35. The number of carbonyl (C=O) groups is 1. The quantitative estimate of drug-likeness (QED) is 0.913. The maximum Gasteiger partial charge on any atom is 0.339 e. The summed E-state index contributed by atoms with van der Waals surface area (Å²) in [5.41, 5.74) is 3.86. The second-order valence-corrected chi connectivity index (χ2v) is 5.78. The summed E-state index contributed by atoms with van der Waals surface area (Å²) in [6.45, 7) is 8.13. The smallest absolute Gasteiger partial charge is 0.339 e. The van der Waals surface area contributed by atoms with E-state index in [1.165, 1.54) is 0 Å². The molecule has 0 radical (unpaired) electrons. The van der Waals surface area contributed by atoms with Gasteiger partial charge < -0.3 is 5.11 Å². The maximum atomic E-state index is 11.6. The second-order valence-electron chi connectivity index (χ2n) is 5.78. The lowest BCUT2D eigenvalue weighted by Crippen LogP contribution is -2.06. The molecule has 1 aromatic heterocycles. The normalized spacial score (nSPS) is 11.1. The first-order chi connectivity index (χ1) is 9.93. The van der Waals surface area contributed by atoms with Crippen molar-refractivity contribution in [3.05, 3.63) is 46.8 Å². The van der Waals surface area contributed by atoms with Crippen molar-refractivity contribution in [2.24, 2.45) is 5.92 Å². The van der Waals surface area contributed by atoms with E-state index < -0.39 is 5.97 Å². The van der Waals surface area contributed by atoms with Crippen molar-refractivity contribution in [1.82, 2.24) is 9.78 Å². The third-order valence-corrected chi connectivity index (χ3v) is 3.45. The summed E-state index contributed by atoms with van der Waals surface area (Å²) >= 11 is 0. The van der Waals surface area contributed by atoms with Gasteiger partial charge in [-0.3, -0.25) is 0 Å².